The minimum absolute atomic E-state index is 0.138. The number of ether oxygens (including phenoxy) is 1. The van der Waals surface area contributed by atoms with E-state index in [0.29, 0.717) is 24.7 Å². The summed E-state index contributed by atoms with van der Waals surface area (Å²) in [7, 11) is 3.31. The molecule has 2 heterocycles. The molecular formula is C13H17N5O3. The number of nitrogens with one attached hydrogen (secondary N) is 1. The molecule has 0 bridgehead atoms. The van der Waals surface area contributed by atoms with Gasteiger partial charge in [-0.2, -0.15) is 0 Å². The predicted octanol–water partition coefficient (Wildman–Crippen LogP) is -0.238. The summed E-state index contributed by atoms with van der Waals surface area (Å²) in [6, 6.07) is 3.31. The van der Waals surface area contributed by atoms with Crippen molar-refractivity contribution in [3.63, 3.8) is 0 Å². The van der Waals surface area contributed by atoms with Crippen molar-refractivity contribution in [3.05, 3.63) is 36.2 Å². The normalized spacial score (nSPS) is 10.6. The smallest absolute Gasteiger partial charge is 0.294 e. The molecule has 0 radical (unpaired) electrons. The number of aryl methyl sites for hydroxylation is 1. The van der Waals surface area contributed by atoms with Crippen LogP contribution in [-0.2, 0) is 29.7 Å². The second-order valence-electron chi connectivity index (χ2n) is 4.45. The Labute approximate surface area is 121 Å². The molecule has 2 rings (SSSR count). The molecule has 0 aliphatic carbocycles. The third-order valence-electron chi connectivity index (χ3n) is 3.02. The molecule has 2 aromatic rings. The summed E-state index contributed by atoms with van der Waals surface area (Å²) in [4.78, 5) is 23.8. The molecule has 112 valence electrons. The number of amides is 1. The van der Waals surface area contributed by atoms with Gasteiger partial charge in [0.15, 0.2) is 5.82 Å². The summed E-state index contributed by atoms with van der Waals surface area (Å²) in [5, 5.41) is 10.2. The number of methoxy groups -OCH3 is 1. The first-order valence-electron chi connectivity index (χ1n) is 6.43. The van der Waals surface area contributed by atoms with Crippen molar-refractivity contribution in [3.8, 4) is 0 Å². The highest BCUT2D eigenvalue weighted by Crippen LogP contribution is 2.01. The zero-order chi connectivity index (χ0) is 15.2. The average molecular weight is 291 g/mol. The molecule has 0 fully saturated rings. The fourth-order valence-electron chi connectivity index (χ4n) is 1.85. The third-order valence-corrected chi connectivity index (χ3v) is 3.02. The van der Waals surface area contributed by atoms with Gasteiger partial charge in [-0.3, -0.25) is 9.59 Å². The van der Waals surface area contributed by atoms with Crippen molar-refractivity contribution in [2.24, 2.45) is 7.05 Å². The van der Waals surface area contributed by atoms with E-state index < -0.39 is 11.7 Å². The Balaban J connectivity index is 1.94. The van der Waals surface area contributed by atoms with Crippen molar-refractivity contribution in [2.45, 2.75) is 13.1 Å². The Bertz CT molecular complexity index is 631. The lowest BCUT2D eigenvalue weighted by Crippen LogP contribution is -2.32. The van der Waals surface area contributed by atoms with E-state index in [9.17, 15) is 9.59 Å². The molecule has 0 saturated heterocycles. The summed E-state index contributed by atoms with van der Waals surface area (Å²) < 4.78 is 8.34. The van der Waals surface area contributed by atoms with Crippen molar-refractivity contribution >= 4 is 11.7 Å². The lowest BCUT2D eigenvalue weighted by molar-refractivity contribution is -0.117. The molecule has 8 nitrogen and oxygen atoms in total. The second kappa shape index (κ2) is 6.80. The molecule has 0 atom stereocenters. The third kappa shape index (κ3) is 3.54. The van der Waals surface area contributed by atoms with Crippen LogP contribution >= 0.6 is 0 Å². The standard InChI is InChI=1S/C13H17N5O3/c1-17-5-3-4-10(17)12(19)13(20)14-8-11-16-15-9-18(11)6-7-21-2/h3-5,9H,6-8H2,1-2H3,(H,14,20). The summed E-state index contributed by atoms with van der Waals surface area (Å²) >= 11 is 0. The molecule has 1 amide bonds. The van der Waals surface area contributed by atoms with Gasteiger partial charge in [-0.25, -0.2) is 0 Å². The molecule has 0 saturated carbocycles. The number of hydrogen-bond donors (Lipinski definition) is 1. The SMILES string of the molecule is COCCn1cnnc1CNC(=O)C(=O)c1cccn1C. The number of carbonyl (C=O) groups excluding carboxylic acids is 2. The van der Waals surface area contributed by atoms with E-state index in [0.717, 1.165) is 0 Å². The van der Waals surface area contributed by atoms with E-state index in [1.807, 2.05) is 0 Å². The van der Waals surface area contributed by atoms with E-state index in [2.05, 4.69) is 15.5 Å². The fourth-order valence-corrected chi connectivity index (χ4v) is 1.85. The van der Waals surface area contributed by atoms with E-state index >= 15 is 0 Å². The first kappa shape index (κ1) is 14.9. The molecule has 0 aliphatic heterocycles. The van der Waals surface area contributed by atoms with Crippen LogP contribution in [-0.4, -0.2) is 44.7 Å². The largest absolute Gasteiger partial charge is 0.383 e. The van der Waals surface area contributed by atoms with Crippen LogP contribution in [0.4, 0.5) is 0 Å². The van der Waals surface area contributed by atoms with Crippen LogP contribution in [0.15, 0.2) is 24.7 Å². The van der Waals surface area contributed by atoms with Gasteiger partial charge in [0, 0.05) is 26.9 Å². The van der Waals surface area contributed by atoms with Crippen molar-refractivity contribution in [1.82, 2.24) is 24.6 Å². The van der Waals surface area contributed by atoms with Crippen LogP contribution in [0.2, 0.25) is 0 Å². The van der Waals surface area contributed by atoms with E-state index in [1.54, 1.807) is 47.9 Å². The quantitative estimate of drug-likeness (QED) is 0.561. The molecule has 1 N–H and O–H groups in total. The number of carbonyl (C=O) groups is 2. The van der Waals surface area contributed by atoms with Gasteiger partial charge in [0.2, 0.25) is 0 Å². The number of rotatable bonds is 7. The van der Waals surface area contributed by atoms with Crippen LogP contribution in [0.25, 0.3) is 0 Å². The topological polar surface area (TPSA) is 91.0 Å². The highest BCUT2D eigenvalue weighted by Gasteiger charge is 2.18. The highest BCUT2D eigenvalue weighted by atomic mass is 16.5. The van der Waals surface area contributed by atoms with Gasteiger partial charge in [0.05, 0.1) is 18.8 Å². The number of aromatic nitrogens is 4. The van der Waals surface area contributed by atoms with Gasteiger partial charge in [-0.05, 0) is 12.1 Å². The van der Waals surface area contributed by atoms with E-state index in [4.69, 9.17) is 4.74 Å². The number of ketones is 1. The lowest BCUT2D eigenvalue weighted by Gasteiger charge is -2.07. The average Bonchev–Trinajstić information content (AvgIpc) is 3.10. The van der Waals surface area contributed by atoms with Crippen molar-refractivity contribution < 1.29 is 14.3 Å². The number of nitrogens with zero attached hydrogens (tertiary/aromatic N) is 4. The Morgan fingerprint density at radius 2 is 2.24 bits per heavy atom. The first-order valence-corrected chi connectivity index (χ1v) is 6.43. The maximum absolute atomic E-state index is 11.9. The Hall–Kier alpha value is -2.48. The molecule has 8 heteroatoms. The molecule has 0 spiro atoms. The minimum atomic E-state index is -0.668. The predicted molar refractivity (Wildman–Crippen MR) is 73.5 cm³/mol. The van der Waals surface area contributed by atoms with Gasteiger partial charge in [0.1, 0.15) is 6.33 Å². The van der Waals surface area contributed by atoms with Gasteiger partial charge in [-0.1, -0.05) is 0 Å². The first-order chi connectivity index (χ1) is 10.1. The number of hydrogen-bond acceptors (Lipinski definition) is 5. The Morgan fingerprint density at radius 1 is 1.43 bits per heavy atom. The molecule has 0 aromatic carbocycles. The molecular weight excluding hydrogens is 274 g/mol. The Kier molecular flexibility index (Phi) is 4.83. The van der Waals surface area contributed by atoms with Crippen LogP contribution < -0.4 is 5.32 Å². The summed E-state index contributed by atoms with van der Waals surface area (Å²) in [5.74, 6) is -0.677. The summed E-state index contributed by atoms with van der Waals surface area (Å²) in [6.07, 6.45) is 3.27. The zero-order valence-electron chi connectivity index (χ0n) is 11.9. The van der Waals surface area contributed by atoms with E-state index in [1.165, 1.54) is 0 Å². The van der Waals surface area contributed by atoms with Crippen LogP contribution in [0.3, 0.4) is 0 Å². The van der Waals surface area contributed by atoms with Gasteiger partial charge in [-0.15, -0.1) is 10.2 Å². The summed E-state index contributed by atoms with van der Waals surface area (Å²) in [5.41, 5.74) is 0.341. The molecule has 0 unspecified atom stereocenters. The van der Waals surface area contributed by atoms with Gasteiger partial charge >= 0.3 is 0 Å². The zero-order valence-corrected chi connectivity index (χ0v) is 11.9. The van der Waals surface area contributed by atoms with Crippen LogP contribution in [0, 0.1) is 0 Å². The van der Waals surface area contributed by atoms with Gasteiger partial charge in [0.25, 0.3) is 11.7 Å². The van der Waals surface area contributed by atoms with Gasteiger partial charge < -0.3 is 19.2 Å². The highest BCUT2D eigenvalue weighted by molar-refractivity contribution is 6.42. The molecule has 2 aromatic heterocycles. The second-order valence-corrected chi connectivity index (χ2v) is 4.45. The fraction of sp³-hybridized carbons (Fsp3) is 0.385. The molecule has 0 aliphatic rings. The maximum Gasteiger partial charge on any atom is 0.294 e. The van der Waals surface area contributed by atoms with E-state index in [-0.39, 0.29) is 6.54 Å². The molecule has 21 heavy (non-hydrogen) atoms. The summed E-state index contributed by atoms with van der Waals surface area (Å²) in [6.45, 7) is 1.24. The van der Waals surface area contributed by atoms with Crippen molar-refractivity contribution in [1.29, 1.82) is 0 Å². The number of Topliss-reactive ketones (excluding diaryl/α,β-unsaturated/α-hetero) is 1. The minimum Gasteiger partial charge on any atom is -0.383 e. The van der Waals surface area contributed by atoms with Crippen molar-refractivity contribution in [2.75, 3.05) is 13.7 Å². The van der Waals surface area contributed by atoms with Crippen LogP contribution in [0.5, 0.6) is 0 Å². The monoisotopic (exact) mass is 291 g/mol. The maximum atomic E-state index is 11.9. The lowest BCUT2D eigenvalue weighted by atomic mass is 10.2. The van der Waals surface area contributed by atoms with Crippen LogP contribution in [0.1, 0.15) is 16.3 Å². The Morgan fingerprint density at radius 3 is 2.90 bits per heavy atom.